The van der Waals surface area contributed by atoms with Gasteiger partial charge in [-0.2, -0.15) is 13.2 Å². The van der Waals surface area contributed by atoms with E-state index in [4.69, 9.17) is 4.74 Å². The van der Waals surface area contributed by atoms with Gasteiger partial charge in [-0.1, -0.05) is 36.4 Å². The van der Waals surface area contributed by atoms with Gasteiger partial charge in [0.25, 0.3) is 0 Å². The minimum atomic E-state index is -4.47. The van der Waals surface area contributed by atoms with Gasteiger partial charge in [0.15, 0.2) is 5.72 Å². The summed E-state index contributed by atoms with van der Waals surface area (Å²) in [6.45, 7) is 2.30. The first kappa shape index (κ1) is 22.1. The van der Waals surface area contributed by atoms with Gasteiger partial charge in [0.2, 0.25) is 0 Å². The Morgan fingerprint density at radius 3 is 2.37 bits per heavy atom. The van der Waals surface area contributed by atoms with Gasteiger partial charge in [0, 0.05) is 38.2 Å². The van der Waals surface area contributed by atoms with E-state index in [-0.39, 0.29) is 5.69 Å². The van der Waals surface area contributed by atoms with Crippen molar-refractivity contribution in [2.45, 2.75) is 31.3 Å². The van der Waals surface area contributed by atoms with E-state index < -0.39 is 23.6 Å². The number of alkyl halides is 3. The zero-order chi connectivity index (χ0) is 21.8. The number of ether oxygens (including phenoxy) is 1. The van der Waals surface area contributed by atoms with Gasteiger partial charge in [-0.05, 0) is 37.9 Å². The van der Waals surface area contributed by atoms with Crippen molar-refractivity contribution in [3.8, 4) is 0 Å². The van der Waals surface area contributed by atoms with Crippen molar-refractivity contribution in [2.75, 3.05) is 32.5 Å². The maximum absolute atomic E-state index is 12.9. The van der Waals surface area contributed by atoms with Crippen LogP contribution in [0.2, 0.25) is 0 Å². The minimum Gasteiger partial charge on any atom is -0.427 e. The second-order valence-corrected chi connectivity index (χ2v) is 7.70. The molecule has 2 aromatic rings. The Labute approximate surface area is 174 Å². The Morgan fingerprint density at radius 1 is 1.10 bits per heavy atom. The SMILES string of the molecule is CN(C)C1(OC(=O)Nc2cccc(C(F)(F)F)c2)CCN(Cc2ccccc2)CC1. The van der Waals surface area contributed by atoms with Gasteiger partial charge in [-0.3, -0.25) is 15.1 Å². The lowest BCUT2D eigenvalue weighted by atomic mass is 9.98. The zero-order valence-electron chi connectivity index (χ0n) is 17.1. The van der Waals surface area contributed by atoms with E-state index in [9.17, 15) is 18.0 Å². The fourth-order valence-corrected chi connectivity index (χ4v) is 3.63. The summed E-state index contributed by atoms with van der Waals surface area (Å²) in [6.07, 6.45) is -4.04. The maximum atomic E-state index is 12.9. The van der Waals surface area contributed by atoms with Crippen LogP contribution >= 0.6 is 0 Å². The van der Waals surface area contributed by atoms with Gasteiger partial charge < -0.3 is 4.74 Å². The number of benzene rings is 2. The molecule has 0 spiro atoms. The molecule has 162 valence electrons. The van der Waals surface area contributed by atoms with Crippen LogP contribution in [0.15, 0.2) is 54.6 Å². The molecule has 1 saturated heterocycles. The van der Waals surface area contributed by atoms with Crippen molar-refractivity contribution < 1.29 is 22.7 Å². The largest absolute Gasteiger partial charge is 0.427 e. The number of anilines is 1. The van der Waals surface area contributed by atoms with E-state index in [1.165, 1.54) is 17.7 Å². The van der Waals surface area contributed by atoms with E-state index in [1.54, 1.807) is 0 Å². The third-order valence-corrected chi connectivity index (χ3v) is 5.42. The number of nitrogens with one attached hydrogen (secondary N) is 1. The van der Waals surface area contributed by atoms with Crippen molar-refractivity contribution >= 4 is 11.8 Å². The van der Waals surface area contributed by atoms with Crippen molar-refractivity contribution in [3.05, 3.63) is 65.7 Å². The summed E-state index contributed by atoms with van der Waals surface area (Å²) in [4.78, 5) is 16.6. The normalized spacial score (nSPS) is 17.0. The molecule has 1 fully saturated rings. The second kappa shape index (κ2) is 9.06. The van der Waals surface area contributed by atoms with Crippen molar-refractivity contribution in [1.29, 1.82) is 0 Å². The summed E-state index contributed by atoms with van der Waals surface area (Å²) in [7, 11) is 3.68. The summed E-state index contributed by atoms with van der Waals surface area (Å²) in [5.41, 5.74) is -0.362. The van der Waals surface area contributed by atoms with Crippen molar-refractivity contribution in [1.82, 2.24) is 9.80 Å². The molecule has 0 aliphatic carbocycles. The number of carbonyl (C=O) groups excluding carboxylic acids is 1. The molecule has 1 aliphatic heterocycles. The van der Waals surface area contributed by atoms with Gasteiger partial charge in [0.05, 0.1) is 5.56 Å². The first-order valence-corrected chi connectivity index (χ1v) is 9.79. The average Bonchev–Trinajstić information content (AvgIpc) is 2.70. The lowest BCUT2D eigenvalue weighted by Gasteiger charge is -2.44. The quantitative estimate of drug-likeness (QED) is 0.704. The Balaban J connectivity index is 1.61. The molecule has 5 nitrogen and oxygen atoms in total. The predicted octanol–water partition coefficient (Wildman–Crippen LogP) is 4.81. The number of carbonyl (C=O) groups is 1. The molecule has 1 heterocycles. The van der Waals surface area contributed by atoms with Crippen molar-refractivity contribution in [2.24, 2.45) is 0 Å². The Kier molecular flexibility index (Phi) is 6.67. The fourth-order valence-electron chi connectivity index (χ4n) is 3.63. The molecule has 0 aromatic heterocycles. The summed E-state index contributed by atoms with van der Waals surface area (Å²) in [5.74, 6) is 0. The van der Waals surface area contributed by atoms with Crippen LogP contribution in [0, 0.1) is 0 Å². The monoisotopic (exact) mass is 421 g/mol. The number of halogens is 3. The highest BCUT2D eigenvalue weighted by atomic mass is 19.4. The molecule has 1 amide bonds. The van der Waals surface area contributed by atoms with Crippen LogP contribution in [0.5, 0.6) is 0 Å². The average molecular weight is 421 g/mol. The molecule has 1 aliphatic rings. The van der Waals surface area contributed by atoms with Crippen LogP contribution in [0.1, 0.15) is 24.0 Å². The van der Waals surface area contributed by atoms with Crippen LogP contribution in [0.3, 0.4) is 0 Å². The third-order valence-electron chi connectivity index (χ3n) is 5.42. The van der Waals surface area contributed by atoms with Crippen LogP contribution < -0.4 is 5.32 Å². The first-order chi connectivity index (χ1) is 14.2. The van der Waals surface area contributed by atoms with E-state index in [0.29, 0.717) is 12.8 Å². The molecule has 1 N–H and O–H groups in total. The van der Waals surface area contributed by atoms with Gasteiger partial charge in [0.1, 0.15) is 0 Å². The molecule has 0 unspecified atom stereocenters. The lowest BCUT2D eigenvalue weighted by Crippen LogP contribution is -2.55. The molecule has 0 saturated carbocycles. The topological polar surface area (TPSA) is 44.8 Å². The number of nitrogens with zero attached hydrogens (tertiary/aromatic N) is 2. The van der Waals surface area contributed by atoms with E-state index in [0.717, 1.165) is 31.8 Å². The standard InChI is InChI=1S/C22H26F3N3O2/c1-27(2)21(11-13-28(14-12-21)16-17-7-4-3-5-8-17)30-20(29)26-19-10-6-9-18(15-19)22(23,24)25/h3-10,15H,11-14,16H2,1-2H3,(H,26,29). The summed E-state index contributed by atoms with van der Waals surface area (Å²) in [6, 6.07) is 14.7. The molecule has 0 atom stereocenters. The minimum absolute atomic E-state index is 0.0465. The third kappa shape index (κ3) is 5.52. The van der Waals surface area contributed by atoms with Crippen LogP contribution in [0.25, 0.3) is 0 Å². The number of piperidine rings is 1. The molecule has 0 bridgehead atoms. The van der Waals surface area contributed by atoms with Crippen LogP contribution in [0.4, 0.5) is 23.7 Å². The highest BCUT2D eigenvalue weighted by molar-refractivity contribution is 5.85. The van der Waals surface area contributed by atoms with Gasteiger partial charge in [-0.15, -0.1) is 0 Å². The number of hydrogen-bond acceptors (Lipinski definition) is 4. The highest BCUT2D eigenvalue weighted by Crippen LogP contribution is 2.32. The summed E-state index contributed by atoms with van der Waals surface area (Å²) >= 11 is 0. The predicted molar refractivity (Wildman–Crippen MR) is 109 cm³/mol. The molecular formula is C22H26F3N3O2. The fraction of sp³-hybridized carbons (Fsp3) is 0.409. The molecule has 8 heteroatoms. The summed E-state index contributed by atoms with van der Waals surface area (Å²) in [5, 5.41) is 2.43. The zero-order valence-corrected chi connectivity index (χ0v) is 17.1. The number of likely N-dealkylation sites (tertiary alicyclic amines) is 1. The Bertz CT molecular complexity index is 848. The van der Waals surface area contributed by atoms with Gasteiger partial charge >= 0.3 is 12.3 Å². The molecular weight excluding hydrogens is 395 g/mol. The smallest absolute Gasteiger partial charge is 0.416 e. The summed E-state index contributed by atoms with van der Waals surface area (Å²) < 4.78 is 44.4. The van der Waals surface area contributed by atoms with Crippen LogP contribution in [-0.2, 0) is 17.5 Å². The number of amides is 1. The van der Waals surface area contributed by atoms with E-state index in [1.807, 2.05) is 37.2 Å². The second-order valence-electron chi connectivity index (χ2n) is 7.70. The van der Waals surface area contributed by atoms with E-state index in [2.05, 4.69) is 22.3 Å². The lowest BCUT2D eigenvalue weighted by molar-refractivity contribution is -0.137. The van der Waals surface area contributed by atoms with E-state index >= 15 is 0 Å². The first-order valence-electron chi connectivity index (χ1n) is 9.79. The number of rotatable bonds is 5. The van der Waals surface area contributed by atoms with Gasteiger partial charge in [-0.25, -0.2) is 4.79 Å². The van der Waals surface area contributed by atoms with Crippen LogP contribution in [-0.4, -0.2) is 48.8 Å². The highest BCUT2D eigenvalue weighted by Gasteiger charge is 2.40. The Morgan fingerprint density at radius 2 is 1.77 bits per heavy atom. The molecule has 30 heavy (non-hydrogen) atoms. The Hall–Kier alpha value is -2.58. The maximum Gasteiger partial charge on any atom is 0.416 e. The molecule has 3 rings (SSSR count). The number of hydrogen-bond donors (Lipinski definition) is 1. The molecule has 0 radical (unpaired) electrons. The molecule has 2 aromatic carbocycles. The van der Waals surface area contributed by atoms with Crippen molar-refractivity contribution in [3.63, 3.8) is 0 Å².